The summed E-state index contributed by atoms with van der Waals surface area (Å²) in [6, 6.07) is 5.71. The van der Waals surface area contributed by atoms with Crippen molar-refractivity contribution in [1.29, 1.82) is 0 Å². The van der Waals surface area contributed by atoms with Crippen molar-refractivity contribution in [2.75, 3.05) is 6.61 Å². The van der Waals surface area contributed by atoms with Gasteiger partial charge in [-0.05, 0) is 25.5 Å². The first-order chi connectivity index (χ1) is 6.51. The SMILES string of the molecule is Cc1ccc2c(c1)OCC(=O)C2(C)N. The first-order valence-electron chi connectivity index (χ1n) is 4.58. The van der Waals surface area contributed by atoms with Crippen molar-refractivity contribution in [3.05, 3.63) is 29.3 Å². The molecular formula is C11H13NO2. The van der Waals surface area contributed by atoms with Crippen LogP contribution in [-0.4, -0.2) is 12.4 Å². The lowest BCUT2D eigenvalue weighted by Crippen LogP contribution is -2.47. The molecule has 1 aromatic rings. The highest BCUT2D eigenvalue weighted by atomic mass is 16.5. The lowest BCUT2D eigenvalue weighted by molar-refractivity contribution is -0.127. The Balaban J connectivity index is 2.59. The molecule has 0 saturated carbocycles. The minimum Gasteiger partial charge on any atom is -0.485 e. The second kappa shape index (κ2) is 2.82. The van der Waals surface area contributed by atoms with Crippen molar-refractivity contribution < 1.29 is 9.53 Å². The van der Waals surface area contributed by atoms with E-state index in [2.05, 4.69) is 0 Å². The number of hydrogen-bond donors (Lipinski definition) is 1. The van der Waals surface area contributed by atoms with Crippen LogP contribution in [0.3, 0.4) is 0 Å². The average Bonchev–Trinajstić information content (AvgIpc) is 2.12. The number of benzene rings is 1. The maximum atomic E-state index is 11.5. The van der Waals surface area contributed by atoms with Crippen LogP contribution >= 0.6 is 0 Å². The molecule has 1 heterocycles. The molecule has 2 N–H and O–H groups in total. The monoisotopic (exact) mass is 191 g/mol. The second-order valence-electron chi connectivity index (χ2n) is 3.91. The van der Waals surface area contributed by atoms with Crippen LogP contribution < -0.4 is 10.5 Å². The van der Waals surface area contributed by atoms with E-state index in [4.69, 9.17) is 10.5 Å². The predicted molar refractivity (Wildman–Crippen MR) is 53.2 cm³/mol. The molecule has 0 aliphatic carbocycles. The number of hydrogen-bond acceptors (Lipinski definition) is 3. The van der Waals surface area contributed by atoms with Crippen molar-refractivity contribution in [3.63, 3.8) is 0 Å². The number of aryl methyl sites for hydroxylation is 1. The molecule has 1 aliphatic heterocycles. The molecule has 0 fully saturated rings. The van der Waals surface area contributed by atoms with Gasteiger partial charge in [-0.3, -0.25) is 4.79 Å². The highest BCUT2D eigenvalue weighted by Crippen LogP contribution is 2.33. The lowest BCUT2D eigenvalue weighted by atomic mass is 9.86. The van der Waals surface area contributed by atoms with Gasteiger partial charge in [0.05, 0.1) is 0 Å². The molecule has 3 heteroatoms. The zero-order valence-corrected chi connectivity index (χ0v) is 8.33. The van der Waals surface area contributed by atoms with Crippen LogP contribution in [0.2, 0.25) is 0 Å². The molecule has 0 spiro atoms. The van der Waals surface area contributed by atoms with E-state index >= 15 is 0 Å². The standard InChI is InChI=1S/C11H13NO2/c1-7-3-4-8-9(5-7)14-6-10(13)11(8,2)12/h3-5H,6,12H2,1-2H3. The Labute approximate surface area is 82.9 Å². The van der Waals surface area contributed by atoms with Gasteiger partial charge in [0.15, 0.2) is 5.78 Å². The summed E-state index contributed by atoms with van der Waals surface area (Å²) in [5.74, 6) is 0.656. The smallest absolute Gasteiger partial charge is 0.194 e. The van der Waals surface area contributed by atoms with E-state index in [0.29, 0.717) is 0 Å². The van der Waals surface area contributed by atoms with E-state index in [0.717, 1.165) is 16.9 Å². The van der Waals surface area contributed by atoms with Crippen LogP contribution in [0, 0.1) is 6.92 Å². The average molecular weight is 191 g/mol. The van der Waals surface area contributed by atoms with E-state index in [1.54, 1.807) is 6.92 Å². The molecule has 14 heavy (non-hydrogen) atoms. The molecule has 1 unspecified atom stereocenters. The summed E-state index contributed by atoms with van der Waals surface area (Å²) >= 11 is 0. The van der Waals surface area contributed by atoms with Crippen molar-refractivity contribution >= 4 is 5.78 Å². The first kappa shape index (κ1) is 9.21. The highest BCUT2D eigenvalue weighted by Gasteiger charge is 2.37. The number of nitrogens with two attached hydrogens (primary N) is 1. The molecule has 0 aromatic heterocycles. The van der Waals surface area contributed by atoms with Crippen molar-refractivity contribution in [3.8, 4) is 5.75 Å². The topological polar surface area (TPSA) is 52.3 Å². The molecule has 1 atom stereocenters. The Morgan fingerprint density at radius 2 is 2.21 bits per heavy atom. The number of ether oxygens (including phenoxy) is 1. The van der Waals surface area contributed by atoms with Gasteiger partial charge in [-0.15, -0.1) is 0 Å². The summed E-state index contributed by atoms with van der Waals surface area (Å²) < 4.78 is 5.32. The Bertz CT molecular complexity index is 396. The predicted octanol–water partition coefficient (Wildman–Crippen LogP) is 1.13. The zero-order chi connectivity index (χ0) is 10.3. The van der Waals surface area contributed by atoms with Crippen molar-refractivity contribution in [2.24, 2.45) is 5.73 Å². The summed E-state index contributed by atoms with van der Waals surface area (Å²) in [6.45, 7) is 3.78. The number of ketones is 1. The summed E-state index contributed by atoms with van der Waals surface area (Å²) in [5.41, 5.74) is 6.93. The van der Waals surface area contributed by atoms with Gasteiger partial charge in [0.1, 0.15) is 17.9 Å². The quantitative estimate of drug-likeness (QED) is 0.668. The van der Waals surface area contributed by atoms with Gasteiger partial charge < -0.3 is 10.5 Å². The Kier molecular flexibility index (Phi) is 1.86. The number of carbonyl (C=O) groups excluding carboxylic acids is 1. The minimum atomic E-state index is -0.902. The van der Waals surface area contributed by atoms with Crippen LogP contribution in [0.25, 0.3) is 0 Å². The first-order valence-corrected chi connectivity index (χ1v) is 4.58. The van der Waals surface area contributed by atoms with Gasteiger partial charge in [0.2, 0.25) is 0 Å². The van der Waals surface area contributed by atoms with Crippen LogP contribution in [0.5, 0.6) is 5.75 Å². The number of Topliss-reactive ketones (excluding diaryl/α,β-unsaturated/α-hetero) is 1. The summed E-state index contributed by atoms with van der Waals surface area (Å²) in [5, 5.41) is 0. The highest BCUT2D eigenvalue weighted by molar-refractivity contribution is 5.92. The summed E-state index contributed by atoms with van der Waals surface area (Å²) in [7, 11) is 0. The molecule has 0 amide bonds. The van der Waals surface area contributed by atoms with Crippen molar-refractivity contribution in [1.82, 2.24) is 0 Å². The van der Waals surface area contributed by atoms with E-state index < -0.39 is 5.54 Å². The Morgan fingerprint density at radius 3 is 2.93 bits per heavy atom. The minimum absolute atomic E-state index is 0.0729. The van der Waals surface area contributed by atoms with Crippen LogP contribution in [0.15, 0.2) is 18.2 Å². The fraction of sp³-hybridized carbons (Fsp3) is 0.364. The Morgan fingerprint density at radius 1 is 1.50 bits per heavy atom. The van der Waals surface area contributed by atoms with Crippen molar-refractivity contribution in [2.45, 2.75) is 19.4 Å². The van der Waals surface area contributed by atoms with E-state index in [1.807, 2.05) is 25.1 Å². The molecule has 74 valence electrons. The fourth-order valence-electron chi connectivity index (χ4n) is 1.62. The third-order valence-corrected chi connectivity index (χ3v) is 2.63. The van der Waals surface area contributed by atoms with Gasteiger partial charge in [-0.25, -0.2) is 0 Å². The maximum Gasteiger partial charge on any atom is 0.194 e. The second-order valence-corrected chi connectivity index (χ2v) is 3.91. The number of fused-ring (bicyclic) bond motifs is 1. The fourth-order valence-corrected chi connectivity index (χ4v) is 1.62. The molecule has 3 nitrogen and oxygen atoms in total. The molecule has 1 aliphatic rings. The van der Waals surface area contributed by atoms with Gasteiger partial charge in [-0.1, -0.05) is 12.1 Å². The largest absolute Gasteiger partial charge is 0.485 e. The molecule has 2 rings (SSSR count). The molecule has 0 radical (unpaired) electrons. The molecule has 0 saturated heterocycles. The zero-order valence-electron chi connectivity index (χ0n) is 8.33. The number of carbonyl (C=O) groups is 1. The molecular weight excluding hydrogens is 178 g/mol. The van der Waals surface area contributed by atoms with Crippen LogP contribution in [0.1, 0.15) is 18.1 Å². The van der Waals surface area contributed by atoms with E-state index in [-0.39, 0.29) is 12.4 Å². The molecule has 1 aromatic carbocycles. The van der Waals surface area contributed by atoms with Gasteiger partial charge >= 0.3 is 0 Å². The summed E-state index contributed by atoms with van der Waals surface area (Å²) in [6.07, 6.45) is 0. The molecule has 0 bridgehead atoms. The summed E-state index contributed by atoms with van der Waals surface area (Å²) in [4.78, 5) is 11.5. The van der Waals surface area contributed by atoms with E-state index in [9.17, 15) is 4.79 Å². The van der Waals surface area contributed by atoms with Gasteiger partial charge in [-0.2, -0.15) is 0 Å². The van der Waals surface area contributed by atoms with Gasteiger partial charge in [0, 0.05) is 5.56 Å². The van der Waals surface area contributed by atoms with Crippen LogP contribution in [0.4, 0.5) is 0 Å². The normalized spacial score (nSPS) is 25.5. The third kappa shape index (κ3) is 1.21. The third-order valence-electron chi connectivity index (χ3n) is 2.63. The Hall–Kier alpha value is -1.35. The maximum absolute atomic E-state index is 11.5. The van der Waals surface area contributed by atoms with Gasteiger partial charge in [0.25, 0.3) is 0 Å². The number of rotatable bonds is 0. The lowest BCUT2D eigenvalue weighted by Gasteiger charge is -2.30. The van der Waals surface area contributed by atoms with E-state index in [1.165, 1.54) is 0 Å². The van der Waals surface area contributed by atoms with Crippen LogP contribution in [-0.2, 0) is 10.3 Å².